The fourth-order valence-electron chi connectivity index (χ4n) is 1.67. The number of nitrogens with two attached hydrogens (primary N) is 1. The summed E-state index contributed by atoms with van der Waals surface area (Å²) in [6.45, 7) is 7.77. The number of carbonyl (C=O) groups is 1. The molecule has 106 valence electrons. The zero-order valence-corrected chi connectivity index (χ0v) is 12.1. The number of hydrogen-bond acceptors (Lipinski definition) is 4. The Bertz CT molecular complexity index is 453. The average molecular weight is 265 g/mol. The zero-order chi connectivity index (χ0) is 14.6. The van der Waals surface area contributed by atoms with Gasteiger partial charge in [-0.1, -0.05) is 26.0 Å². The number of phenolic OH excluding ortho intramolecular Hbond substituents is 1. The Hall–Kier alpha value is -1.55. The number of hydrogen-bond donors (Lipinski definition) is 2. The minimum atomic E-state index is -1.09. The molecule has 0 aliphatic rings. The van der Waals surface area contributed by atoms with E-state index in [0.29, 0.717) is 13.0 Å². The molecule has 3 N–H and O–H groups in total. The number of aromatic hydroxyl groups is 1. The van der Waals surface area contributed by atoms with Gasteiger partial charge in [0.2, 0.25) is 0 Å². The third-order valence-electron chi connectivity index (χ3n) is 2.86. The summed E-state index contributed by atoms with van der Waals surface area (Å²) in [7, 11) is 0. The van der Waals surface area contributed by atoms with Gasteiger partial charge in [0.05, 0.1) is 6.61 Å². The molecule has 4 nitrogen and oxygen atoms in total. The lowest BCUT2D eigenvalue weighted by Crippen LogP contribution is -2.48. The Morgan fingerprint density at radius 2 is 2.11 bits per heavy atom. The van der Waals surface area contributed by atoms with Gasteiger partial charge in [-0.2, -0.15) is 0 Å². The summed E-state index contributed by atoms with van der Waals surface area (Å²) in [6.07, 6.45) is 0.331. The maximum atomic E-state index is 11.9. The van der Waals surface area contributed by atoms with E-state index < -0.39 is 11.5 Å². The summed E-state index contributed by atoms with van der Waals surface area (Å²) < 4.78 is 5.17. The quantitative estimate of drug-likeness (QED) is 0.800. The molecule has 0 aliphatic carbocycles. The van der Waals surface area contributed by atoms with Crippen LogP contribution in [-0.4, -0.2) is 23.2 Å². The highest BCUT2D eigenvalue weighted by atomic mass is 16.5. The molecular weight excluding hydrogens is 242 g/mol. The van der Waals surface area contributed by atoms with E-state index in [-0.39, 0.29) is 11.7 Å². The molecule has 0 saturated heterocycles. The highest BCUT2D eigenvalue weighted by Gasteiger charge is 2.30. The fourth-order valence-corrected chi connectivity index (χ4v) is 1.67. The number of rotatable bonds is 5. The van der Waals surface area contributed by atoms with E-state index in [1.165, 1.54) is 0 Å². The summed E-state index contributed by atoms with van der Waals surface area (Å²) in [4.78, 5) is 11.9. The van der Waals surface area contributed by atoms with Gasteiger partial charge < -0.3 is 15.6 Å². The van der Waals surface area contributed by atoms with Crippen LogP contribution < -0.4 is 5.73 Å². The smallest absolute Gasteiger partial charge is 0.326 e. The normalized spacial score (nSPS) is 14.2. The summed E-state index contributed by atoms with van der Waals surface area (Å²) in [6, 6.07) is 5.30. The van der Waals surface area contributed by atoms with Crippen LogP contribution in [0.5, 0.6) is 5.75 Å². The van der Waals surface area contributed by atoms with Crippen molar-refractivity contribution >= 4 is 5.97 Å². The molecule has 1 rings (SSSR count). The van der Waals surface area contributed by atoms with Gasteiger partial charge in [0, 0.05) is 6.42 Å². The number of benzene rings is 1. The highest BCUT2D eigenvalue weighted by molar-refractivity contribution is 5.80. The molecule has 0 aliphatic heterocycles. The summed E-state index contributed by atoms with van der Waals surface area (Å²) in [5.41, 5.74) is 6.53. The van der Waals surface area contributed by atoms with Crippen LogP contribution in [0.25, 0.3) is 0 Å². The van der Waals surface area contributed by atoms with E-state index >= 15 is 0 Å². The summed E-state index contributed by atoms with van der Waals surface area (Å²) in [5, 5.41) is 9.65. The molecule has 0 aromatic heterocycles. The second-order valence-corrected chi connectivity index (χ2v) is 5.71. The molecule has 0 radical (unpaired) electrons. The molecule has 4 heteroatoms. The first-order valence-electron chi connectivity index (χ1n) is 6.47. The number of esters is 1. The molecule has 0 amide bonds. The van der Waals surface area contributed by atoms with E-state index in [0.717, 1.165) is 11.1 Å². The Morgan fingerprint density at radius 1 is 1.47 bits per heavy atom. The van der Waals surface area contributed by atoms with E-state index in [4.69, 9.17) is 10.5 Å². The van der Waals surface area contributed by atoms with Crippen LogP contribution in [-0.2, 0) is 16.0 Å². The van der Waals surface area contributed by atoms with Gasteiger partial charge in [-0.25, -0.2) is 0 Å². The van der Waals surface area contributed by atoms with Crippen LogP contribution >= 0.6 is 0 Å². The van der Waals surface area contributed by atoms with Crippen molar-refractivity contribution in [2.24, 2.45) is 11.7 Å². The summed E-state index contributed by atoms with van der Waals surface area (Å²) >= 11 is 0. The van der Waals surface area contributed by atoms with Crippen LogP contribution in [0.2, 0.25) is 0 Å². The number of phenols is 1. The molecule has 0 unspecified atom stereocenters. The van der Waals surface area contributed by atoms with Gasteiger partial charge in [0.1, 0.15) is 11.3 Å². The Kier molecular flexibility index (Phi) is 4.95. The van der Waals surface area contributed by atoms with Crippen molar-refractivity contribution in [1.29, 1.82) is 0 Å². The van der Waals surface area contributed by atoms with Crippen molar-refractivity contribution < 1.29 is 14.6 Å². The largest absolute Gasteiger partial charge is 0.508 e. The topological polar surface area (TPSA) is 72.6 Å². The van der Waals surface area contributed by atoms with Gasteiger partial charge in [0.15, 0.2) is 0 Å². The standard InChI is InChI=1S/C15H23NO3/c1-10(2)9-19-14(18)15(4,16)8-12-6-5-11(3)13(17)7-12/h5-7,10,17H,8-9,16H2,1-4H3/t15-/m0/s1. The van der Waals surface area contributed by atoms with E-state index in [2.05, 4.69) is 0 Å². The minimum Gasteiger partial charge on any atom is -0.508 e. The van der Waals surface area contributed by atoms with Gasteiger partial charge in [-0.3, -0.25) is 4.79 Å². The Balaban J connectivity index is 2.72. The molecule has 19 heavy (non-hydrogen) atoms. The molecule has 1 aromatic carbocycles. The van der Waals surface area contributed by atoms with Crippen molar-refractivity contribution in [3.05, 3.63) is 29.3 Å². The van der Waals surface area contributed by atoms with Crippen LogP contribution in [0.4, 0.5) is 0 Å². The monoisotopic (exact) mass is 265 g/mol. The maximum absolute atomic E-state index is 11.9. The Labute approximate surface area is 114 Å². The van der Waals surface area contributed by atoms with Crippen molar-refractivity contribution in [3.8, 4) is 5.75 Å². The van der Waals surface area contributed by atoms with Crippen LogP contribution in [0.3, 0.4) is 0 Å². The molecule has 0 saturated carbocycles. The van der Waals surface area contributed by atoms with Crippen LogP contribution in [0.15, 0.2) is 18.2 Å². The SMILES string of the molecule is Cc1ccc(C[C@](C)(N)C(=O)OCC(C)C)cc1O. The van der Waals surface area contributed by atoms with E-state index in [9.17, 15) is 9.90 Å². The summed E-state index contributed by atoms with van der Waals surface area (Å²) in [5.74, 6) is 0.0771. The molecule has 0 bridgehead atoms. The van der Waals surface area contributed by atoms with Crippen molar-refractivity contribution in [2.75, 3.05) is 6.61 Å². The second kappa shape index (κ2) is 6.06. The van der Waals surface area contributed by atoms with Gasteiger partial charge in [-0.05, 0) is 37.0 Å². The van der Waals surface area contributed by atoms with Gasteiger partial charge in [-0.15, -0.1) is 0 Å². The first kappa shape index (κ1) is 15.5. The zero-order valence-electron chi connectivity index (χ0n) is 12.1. The molecule has 0 spiro atoms. The number of carbonyl (C=O) groups excluding carboxylic acids is 1. The maximum Gasteiger partial charge on any atom is 0.326 e. The molecule has 0 fully saturated rings. The van der Waals surface area contributed by atoms with Gasteiger partial charge in [0.25, 0.3) is 0 Å². The lowest BCUT2D eigenvalue weighted by Gasteiger charge is -2.23. The third-order valence-corrected chi connectivity index (χ3v) is 2.86. The third kappa shape index (κ3) is 4.56. The average Bonchev–Trinajstić information content (AvgIpc) is 2.30. The molecule has 1 atom stereocenters. The first-order valence-corrected chi connectivity index (χ1v) is 6.47. The van der Waals surface area contributed by atoms with Gasteiger partial charge >= 0.3 is 5.97 Å². The van der Waals surface area contributed by atoms with Crippen LogP contribution in [0.1, 0.15) is 31.9 Å². The molecular formula is C15H23NO3. The van der Waals surface area contributed by atoms with Crippen molar-refractivity contribution in [2.45, 2.75) is 39.7 Å². The number of ether oxygens (including phenoxy) is 1. The second-order valence-electron chi connectivity index (χ2n) is 5.71. The molecule has 1 aromatic rings. The predicted octanol–water partition coefficient (Wildman–Crippen LogP) is 2.16. The fraction of sp³-hybridized carbons (Fsp3) is 0.533. The van der Waals surface area contributed by atoms with E-state index in [1.54, 1.807) is 19.1 Å². The van der Waals surface area contributed by atoms with Crippen LogP contribution in [0, 0.1) is 12.8 Å². The number of aryl methyl sites for hydroxylation is 1. The van der Waals surface area contributed by atoms with E-state index in [1.807, 2.05) is 26.8 Å². The predicted molar refractivity (Wildman–Crippen MR) is 74.9 cm³/mol. The lowest BCUT2D eigenvalue weighted by atomic mass is 9.93. The minimum absolute atomic E-state index is 0.212. The highest BCUT2D eigenvalue weighted by Crippen LogP contribution is 2.21. The van der Waals surface area contributed by atoms with Crippen molar-refractivity contribution in [3.63, 3.8) is 0 Å². The molecule has 0 heterocycles. The lowest BCUT2D eigenvalue weighted by molar-refractivity contribution is -0.150. The first-order chi connectivity index (χ1) is 8.72. The van der Waals surface area contributed by atoms with Crippen molar-refractivity contribution in [1.82, 2.24) is 0 Å². The Morgan fingerprint density at radius 3 is 2.63 bits per heavy atom.